The molecule has 0 amide bonds. The molecular weight excluding hydrogens is 363 g/mol. The molecule has 146 valence electrons. The lowest BCUT2D eigenvalue weighted by molar-refractivity contribution is -0.00234. The van der Waals surface area contributed by atoms with Gasteiger partial charge in [0.2, 0.25) is 5.72 Å². The molecule has 0 radical (unpaired) electrons. The number of nitrogens with one attached hydrogen (secondary N) is 2. The first kappa shape index (κ1) is 18.0. The van der Waals surface area contributed by atoms with Crippen molar-refractivity contribution in [1.82, 2.24) is 19.9 Å². The summed E-state index contributed by atoms with van der Waals surface area (Å²) in [6, 6.07) is 6.01. The lowest BCUT2D eigenvalue weighted by Gasteiger charge is -2.18. The summed E-state index contributed by atoms with van der Waals surface area (Å²) in [5, 5.41) is 14.9. The molecule has 0 spiro atoms. The first-order chi connectivity index (χ1) is 13.4. The Morgan fingerprint density at radius 1 is 1.32 bits per heavy atom. The third kappa shape index (κ3) is 3.30. The molecule has 2 aromatic heterocycles. The minimum absolute atomic E-state index is 0.226. The Morgan fingerprint density at radius 3 is 2.86 bits per heavy atom. The number of methoxy groups -OCH3 is 1. The predicted octanol–water partition coefficient (Wildman–Crippen LogP) is 3.07. The van der Waals surface area contributed by atoms with E-state index in [1.165, 1.54) is 12.1 Å². The molecule has 9 heteroatoms. The highest BCUT2D eigenvalue weighted by molar-refractivity contribution is 6.04. The maximum atomic E-state index is 13.7. The SMILES string of the molecule is COc1ccc(F)cc1C(C)Nc1ccn2ncc(C3=NOC(C)(C)N3)c2n1. The van der Waals surface area contributed by atoms with Crippen LogP contribution in [0.5, 0.6) is 5.75 Å². The van der Waals surface area contributed by atoms with Gasteiger partial charge < -0.3 is 20.2 Å². The van der Waals surface area contributed by atoms with Crippen LogP contribution >= 0.6 is 0 Å². The number of anilines is 1. The number of rotatable bonds is 5. The summed E-state index contributed by atoms with van der Waals surface area (Å²) in [6.45, 7) is 5.67. The van der Waals surface area contributed by atoms with Crippen LogP contribution in [-0.4, -0.2) is 33.3 Å². The Balaban J connectivity index is 1.64. The van der Waals surface area contributed by atoms with Crippen LogP contribution in [0.3, 0.4) is 0 Å². The molecule has 0 bridgehead atoms. The topological polar surface area (TPSA) is 85.1 Å². The van der Waals surface area contributed by atoms with Crippen LogP contribution in [0, 0.1) is 5.82 Å². The Hall–Kier alpha value is -3.36. The molecule has 0 aliphatic carbocycles. The van der Waals surface area contributed by atoms with Crippen molar-refractivity contribution in [3.05, 3.63) is 53.6 Å². The van der Waals surface area contributed by atoms with Crippen molar-refractivity contribution in [2.45, 2.75) is 32.5 Å². The van der Waals surface area contributed by atoms with Gasteiger partial charge in [-0.1, -0.05) is 5.16 Å². The highest BCUT2D eigenvalue weighted by atomic mass is 19.1. The van der Waals surface area contributed by atoms with E-state index in [9.17, 15) is 4.39 Å². The molecule has 1 aliphatic heterocycles. The van der Waals surface area contributed by atoms with Gasteiger partial charge in [0.05, 0.1) is 24.9 Å². The van der Waals surface area contributed by atoms with Crippen molar-refractivity contribution in [2.24, 2.45) is 5.16 Å². The maximum absolute atomic E-state index is 13.7. The van der Waals surface area contributed by atoms with Crippen molar-refractivity contribution in [3.63, 3.8) is 0 Å². The van der Waals surface area contributed by atoms with Crippen LogP contribution in [0.15, 0.2) is 41.8 Å². The minimum Gasteiger partial charge on any atom is -0.496 e. The van der Waals surface area contributed by atoms with E-state index in [4.69, 9.17) is 9.57 Å². The second-order valence-electron chi connectivity index (χ2n) is 7.06. The smallest absolute Gasteiger partial charge is 0.203 e. The second kappa shape index (κ2) is 6.66. The van der Waals surface area contributed by atoms with Crippen molar-refractivity contribution in [1.29, 1.82) is 0 Å². The summed E-state index contributed by atoms with van der Waals surface area (Å²) in [5.41, 5.74) is 1.47. The molecule has 2 N–H and O–H groups in total. The normalized spacial score (nSPS) is 16.2. The highest BCUT2D eigenvalue weighted by Gasteiger charge is 2.30. The molecule has 3 aromatic rings. The van der Waals surface area contributed by atoms with Gasteiger partial charge in [-0.05, 0) is 45.0 Å². The van der Waals surface area contributed by atoms with E-state index in [0.29, 0.717) is 28.6 Å². The Labute approximate surface area is 161 Å². The van der Waals surface area contributed by atoms with Crippen LogP contribution in [0.1, 0.15) is 37.9 Å². The number of halogens is 1. The summed E-state index contributed by atoms with van der Waals surface area (Å²) < 4.78 is 20.7. The molecule has 28 heavy (non-hydrogen) atoms. The number of fused-ring (bicyclic) bond motifs is 1. The van der Waals surface area contributed by atoms with Crippen molar-refractivity contribution >= 4 is 17.3 Å². The van der Waals surface area contributed by atoms with Crippen LogP contribution < -0.4 is 15.4 Å². The van der Waals surface area contributed by atoms with Gasteiger partial charge in [-0.2, -0.15) is 5.10 Å². The predicted molar refractivity (Wildman–Crippen MR) is 103 cm³/mol. The van der Waals surface area contributed by atoms with E-state index in [1.54, 1.807) is 36.2 Å². The number of oxime groups is 1. The largest absolute Gasteiger partial charge is 0.496 e. The van der Waals surface area contributed by atoms with E-state index in [1.807, 2.05) is 20.8 Å². The Morgan fingerprint density at radius 2 is 2.14 bits per heavy atom. The van der Waals surface area contributed by atoms with E-state index in [2.05, 4.69) is 25.9 Å². The van der Waals surface area contributed by atoms with Crippen LogP contribution in [0.25, 0.3) is 5.65 Å². The molecule has 1 atom stereocenters. The molecule has 0 saturated carbocycles. The Bertz CT molecular complexity index is 1060. The number of ether oxygens (including phenoxy) is 1. The fraction of sp³-hybridized carbons (Fsp3) is 0.316. The monoisotopic (exact) mass is 384 g/mol. The fourth-order valence-corrected chi connectivity index (χ4v) is 3.07. The van der Waals surface area contributed by atoms with E-state index in [0.717, 1.165) is 5.56 Å². The minimum atomic E-state index is -0.581. The van der Waals surface area contributed by atoms with Crippen LogP contribution in [-0.2, 0) is 4.84 Å². The molecule has 3 heterocycles. The molecule has 0 saturated heterocycles. The number of aromatic nitrogens is 3. The number of amidine groups is 1. The van der Waals surface area contributed by atoms with Crippen LogP contribution in [0.2, 0.25) is 0 Å². The van der Waals surface area contributed by atoms with E-state index >= 15 is 0 Å². The van der Waals surface area contributed by atoms with Gasteiger partial charge in [-0.15, -0.1) is 0 Å². The maximum Gasteiger partial charge on any atom is 0.203 e. The first-order valence-corrected chi connectivity index (χ1v) is 8.85. The van der Waals surface area contributed by atoms with E-state index in [-0.39, 0.29) is 11.9 Å². The van der Waals surface area contributed by atoms with Gasteiger partial charge in [-0.3, -0.25) is 0 Å². The van der Waals surface area contributed by atoms with Gasteiger partial charge in [0.25, 0.3) is 0 Å². The average Bonchev–Trinajstić information content (AvgIpc) is 3.24. The zero-order valence-corrected chi connectivity index (χ0v) is 16.0. The zero-order chi connectivity index (χ0) is 19.9. The van der Waals surface area contributed by atoms with Gasteiger partial charge in [0, 0.05) is 11.8 Å². The lowest BCUT2D eigenvalue weighted by Crippen LogP contribution is -2.38. The second-order valence-corrected chi connectivity index (χ2v) is 7.06. The standard InChI is InChI=1S/C19H21FN6O2/c1-11(13-9-12(20)5-6-15(13)27-4)22-16-7-8-26-18(23-16)14(10-21-26)17-24-19(2,3)28-25-17/h5-11H,1-4H3,(H,22,23)(H,24,25). The molecule has 0 fully saturated rings. The zero-order valence-electron chi connectivity index (χ0n) is 16.0. The van der Waals surface area contributed by atoms with Crippen molar-refractivity contribution in [2.75, 3.05) is 12.4 Å². The fourth-order valence-electron chi connectivity index (χ4n) is 3.07. The molecule has 1 aliphatic rings. The van der Waals surface area contributed by atoms with Crippen LogP contribution in [0.4, 0.5) is 10.2 Å². The summed E-state index contributed by atoms with van der Waals surface area (Å²) in [4.78, 5) is 10.0. The summed E-state index contributed by atoms with van der Waals surface area (Å²) in [5.74, 6) is 1.48. The number of hydrogen-bond donors (Lipinski definition) is 2. The van der Waals surface area contributed by atoms with Crippen molar-refractivity contribution in [3.8, 4) is 5.75 Å². The van der Waals surface area contributed by atoms with Gasteiger partial charge >= 0.3 is 0 Å². The molecule has 4 rings (SSSR count). The lowest BCUT2D eigenvalue weighted by atomic mass is 10.1. The average molecular weight is 384 g/mol. The molecule has 1 unspecified atom stereocenters. The Kier molecular flexibility index (Phi) is 4.29. The third-order valence-corrected chi connectivity index (χ3v) is 4.43. The summed E-state index contributed by atoms with van der Waals surface area (Å²) in [6.07, 6.45) is 3.48. The number of benzene rings is 1. The number of nitrogens with zero attached hydrogens (tertiary/aromatic N) is 4. The first-order valence-electron chi connectivity index (χ1n) is 8.85. The summed E-state index contributed by atoms with van der Waals surface area (Å²) in [7, 11) is 1.56. The van der Waals surface area contributed by atoms with Crippen molar-refractivity contribution < 1.29 is 14.0 Å². The quantitative estimate of drug-likeness (QED) is 0.703. The third-order valence-electron chi connectivity index (χ3n) is 4.43. The summed E-state index contributed by atoms with van der Waals surface area (Å²) >= 11 is 0. The molecular formula is C19H21FN6O2. The van der Waals surface area contributed by atoms with E-state index < -0.39 is 5.72 Å². The van der Waals surface area contributed by atoms with Gasteiger partial charge in [0.1, 0.15) is 17.4 Å². The molecule has 8 nitrogen and oxygen atoms in total. The highest BCUT2D eigenvalue weighted by Crippen LogP contribution is 2.28. The molecule has 1 aromatic carbocycles. The van der Waals surface area contributed by atoms with Gasteiger partial charge in [0.15, 0.2) is 11.5 Å². The number of hydrogen-bond acceptors (Lipinski definition) is 7. The van der Waals surface area contributed by atoms with Gasteiger partial charge in [-0.25, -0.2) is 13.9 Å².